The summed E-state index contributed by atoms with van der Waals surface area (Å²) in [5, 5.41) is 7.22. The molecule has 1 aliphatic rings. The van der Waals surface area contributed by atoms with Crippen LogP contribution in [0.4, 0.5) is 5.69 Å². The topological polar surface area (TPSA) is 87.5 Å². The fourth-order valence-corrected chi connectivity index (χ4v) is 2.94. The van der Waals surface area contributed by atoms with Crippen molar-refractivity contribution >= 4 is 11.6 Å². The standard InChI is InChI=1S/C20H20N4O4/c1-13-10-14(2)24(23-13)9-7-19(25)22-16-4-3-8-21-20(16)28-15-5-6-17-18(11-15)27-12-26-17/h3-6,8,10-11H,7,9,12H2,1-2H3,(H,22,25). The first-order chi connectivity index (χ1) is 13.6. The highest BCUT2D eigenvalue weighted by Gasteiger charge is 2.16. The summed E-state index contributed by atoms with van der Waals surface area (Å²) in [6.07, 6.45) is 1.90. The summed E-state index contributed by atoms with van der Waals surface area (Å²) in [6.45, 7) is 4.60. The first-order valence-electron chi connectivity index (χ1n) is 8.92. The van der Waals surface area contributed by atoms with Gasteiger partial charge in [0.25, 0.3) is 0 Å². The number of benzene rings is 1. The number of pyridine rings is 1. The Bertz CT molecular complexity index is 1020. The zero-order chi connectivity index (χ0) is 19.5. The fraction of sp³-hybridized carbons (Fsp3) is 0.250. The number of nitrogens with zero attached hydrogens (tertiary/aromatic N) is 3. The van der Waals surface area contributed by atoms with Crippen LogP contribution in [0, 0.1) is 13.8 Å². The second-order valence-corrected chi connectivity index (χ2v) is 6.42. The molecule has 0 saturated heterocycles. The van der Waals surface area contributed by atoms with Gasteiger partial charge in [-0.2, -0.15) is 5.10 Å². The van der Waals surface area contributed by atoms with Crippen molar-refractivity contribution in [2.45, 2.75) is 26.8 Å². The highest BCUT2D eigenvalue weighted by atomic mass is 16.7. The van der Waals surface area contributed by atoms with Crippen molar-refractivity contribution in [3.8, 4) is 23.1 Å². The predicted octanol–water partition coefficient (Wildman–Crippen LogP) is 3.44. The monoisotopic (exact) mass is 380 g/mol. The number of ether oxygens (including phenoxy) is 3. The van der Waals surface area contributed by atoms with Crippen LogP contribution in [0.3, 0.4) is 0 Å². The number of anilines is 1. The lowest BCUT2D eigenvalue weighted by Crippen LogP contribution is -2.16. The van der Waals surface area contributed by atoms with Gasteiger partial charge in [-0.15, -0.1) is 0 Å². The molecule has 1 amide bonds. The molecule has 8 heteroatoms. The van der Waals surface area contributed by atoms with Crippen molar-refractivity contribution in [3.63, 3.8) is 0 Å². The average Bonchev–Trinajstić information content (AvgIpc) is 3.26. The van der Waals surface area contributed by atoms with Gasteiger partial charge in [0, 0.05) is 30.9 Å². The van der Waals surface area contributed by atoms with E-state index in [0.717, 1.165) is 11.4 Å². The molecule has 0 unspecified atom stereocenters. The van der Waals surface area contributed by atoms with Crippen molar-refractivity contribution in [1.82, 2.24) is 14.8 Å². The third kappa shape index (κ3) is 3.90. The lowest BCUT2D eigenvalue weighted by molar-refractivity contribution is -0.116. The highest BCUT2D eigenvalue weighted by Crippen LogP contribution is 2.37. The average molecular weight is 380 g/mol. The van der Waals surface area contributed by atoms with Crippen LogP contribution in [0.5, 0.6) is 23.1 Å². The molecular weight excluding hydrogens is 360 g/mol. The predicted molar refractivity (Wildman–Crippen MR) is 102 cm³/mol. The Balaban J connectivity index is 1.42. The van der Waals surface area contributed by atoms with Gasteiger partial charge < -0.3 is 19.5 Å². The molecule has 0 bridgehead atoms. The number of carbonyl (C=O) groups excluding carboxylic acids is 1. The van der Waals surface area contributed by atoms with Crippen LogP contribution in [0.25, 0.3) is 0 Å². The van der Waals surface area contributed by atoms with Crippen LogP contribution in [-0.4, -0.2) is 27.5 Å². The van der Waals surface area contributed by atoms with E-state index in [1.165, 1.54) is 0 Å². The van der Waals surface area contributed by atoms with Crippen molar-refractivity contribution in [3.05, 3.63) is 54.0 Å². The number of hydrogen-bond acceptors (Lipinski definition) is 6. The summed E-state index contributed by atoms with van der Waals surface area (Å²) in [5.41, 5.74) is 2.46. The number of fused-ring (bicyclic) bond motifs is 1. The number of aryl methyl sites for hydroxylation is 3. The molecule has 1 aliphatic heterocycles. The zero-order valence-electron chi connectivity index (χ0n) is 15.6. The summed E-state index contributed by atoms with van der Waals surface area (Å²) in [5.74, 6) is 1.99. The number of rotatable bonds is 6. The first kappa shape index (κ1) is 17.8. The zero-order valence-corrected chi connectivity index (χ0v) is 15.6. The van der Waals surface area contributed by atoms with E-state index in [1.807, 2.05) is 24.6 Å². The third-order valence-electron chi connectivity index (χ3n) is 4.26. The molecule has 0 spiro atoms. The molecule has 144 valence electrons. The van der Waals surface area contributed by atoms with E-state index in [4.69, 9.17) is 14.2 Å². The second kappa shape index (κ2) is 7.59. The van der Waals surface area contributed by atoms with E-state index >= 15 is 0 Å². The maximum Gasteiger partial charge on any atom is 0.243 e. The minimum absolute atomic E-state index is 0.143. The van der Waals surface area contributed by atoms with Gasteiger partial charge in [0.2, 0.25) is 18.6 Å². The van der Waals surface area contributed by atoms with Crippen molar-refractivity contribution in [2.24, 2.45) is 0 Å². The first-order valence-corrected chi connectivity index (χ1v) is 8.92. The summed E-state index contributed by atoms with van der Waals surface area (Å²) in [4.78, 5) is 16.6. The molecule has 2 aromatic heterocycles. The molecule has 0 atom stereocenters. The van der Waals surface area contributed by atoms with Crippen LogP contribution in [0.15, 0.2) is 42.6 Å². The number of carbonyl (C=O) groups is 1. The van der Waals surface area contributed by atoms with Crippen LogP contribution in [0.2, 0.25) is 0 Å². The van der Waals surface area contributed by atoms with E-state index in [0.29, 0.717) is 41.8 Å². The molecule has 28 heavy (non-hydrogen) atoms. The Hall–Kier alpha value is -3.55. The maximum absolute atomic E-state index is 12.4. The maximum atomic E-state index is 12.4. The molecule has 4 rings (SSSR count). The molecule has 1 aromatic carbocycles. The van der Waals surface area contributed by atoms with Gasteiger partial charge in [-0.1, -0.05) is 0 Å². The minimum Gasteiger partial charge on any atom is -0.454 e. The molecule has 1 N–H and O–H groups in total. The molecule has 0 aliphatic carbocycles. The summed E-state index contributed by atoms with van der Waals surface area (Å²) < 4.78 is 18.3. The minimum atomic E-state index is -0.143. The Kier molecular flexibility index (Phi) is 4.84. The molecule has 0 fully saturated rings. The van der Waals surface area contributed by atoms with Crippen LogP contribution < -0.4 is 19.5 Å². The van der Waals surface area contributed by atoms with Crippen molar-refractivity contribution in [1.29, 1.82) is 0 Å². The Labute approximate surface area is 162 Å². The van der Waals surface area contributed by atoms with Gasteiger partial charge in [-0.3, -0.25) is 9.48 Å². The second-order valence-electron chi connectivity index (χ2n) is 6.42. The lowest BCUT2D eigenvalue weighted by atomic mass is 10.3. The van der Waals surface area contributed by atoms with Crippen LogP contribution in [0.1, 0.15) is 17.8 Å². The fourth-order valence-electron chi connectivity index (χ4n) is 2.94. The smallest absolute Gasteiger partial charge is 0.243 e. The quantitative estimate of drug-likeness (QED) is 0.705. The third-order valence-corrected chi connectivity index (χ3v) is 4.26. The van der Waals surface area contributed by atoms with Crippen LogP contribution >= 0.6 is 0 Å². The van der Waals surface area contributed by atoms with Crippen molar-refractivity contribution < 1.29 is 19.0 Å². The SMILES string of the molecule is Cc1cc(C)n(CCC(=O)Nc2cccnc2Oc2ccc3c(c2)OCO3)n1. The Morgan fingerprint density at radius 2 is 2.07 bits per heavy atom. The summed E-state index contributed by atoms with van der Waals surface area (Å²) >= 11 is 0. The van der Waals surface area contributed by atoms with Gasteiger partial charge >= 0.3 is 0 Å². The molecule has 8 nitrogen and oxygen atoms in total. The lowest BCUT2D eigenvalue weighted by Gasteiger charge is -2.11. The van der Waals surface area contributed by atoms with Gasteiger partial charge in [0.1, 0.15) is 11.4 Å². The van der Waals surface area contributed by atoms with E-state index in [9.17, 15) is 4.79 Å². The molecule has 0 saturated carbocycles. The van der Waals surface area contributed by atoms with Crippen LogP contribution in [-0.2, 0) is 11.3 Å². The largest absolute Gasteiger partial charge is 0.454 e. The molecule has 0 radical (unpaired) electrons. The van der Waals surface area contributed by atoms with Crippen molar-refractivity contribution in [2.75, 3.05) is 12.1 Å². The van der Waals surface area contributed by atoms with E-state index in [2.05, 4.69) is 15.4 Å². The Morgan fingerprint density at radius 1 is 1.21 bits per heavy atom. The highest BCUT2D eigenvalue weighted by molar-refractivity contribution is 5.91. The number of hydrogen-bond donors (Lipinski definition) is 1. The van der Waals surface area contributed by atoms with E-state index in [1.54, 1.807) is 36.5 Å². The summed E-state index contributed by atoms with van der Waals surface area (Å²) in [7, 11) is 0. The van der Waals surface area contributed by atoms with Gasteiger partial charge in [0.15, 0.2) is 11.5 Å². The van der Waals surface area contributed by atoms with Gasteiger partial charge in [0.05, 0.1) is 5.69 Å². The number of nitrogens with one attached hydrogen (secondary N) is 1. The summed E-state index contributed by atoms with van der Waals surface area (Å²) in [6, 6.07) is 10.7. The number of aromatic nitrogens is 3. The van der Waals surface area contributed by atoms with Gasteiger partial charge in [-0.25, -0.2) is 4.98 Å². The number of amides is 1. The van der Waals surface area contributed by atoms with E-state index < -0.39 is 0 Å². The Morgan fingerprint density at radius 3 is 2.89 bits per heavy atom. The van der Waals surface area contributed by atoms with Gasteiger partial charge in [-0.05, 0) is 44.2 Å². The van der Waals surface area contributed by atoms with E-state index in [-0.39, 0.29) is 12.7 Å². The molecule has 3 heterocycles. The normalized spacial score (nSPS) is 12.1. The molecular formula is C20H20N4O4. The molecule has 3 aromatic rings.